The van der Waals surface area contributed by atoms with Crippen molar-refractivity contribution < 1.29 is 12.7 Å². The maximum absolute atomic E-state index is 3.60. The molecule has 0 atom stereocenters. The molecule has 0 radical (unpaired) electrons. The van der Waals surface area contributed by atoms with Gasteiger partial charge in [-0.25, -0.2) is 0 Å². The average Bonchev–Trinajstić information content (AvgIpc) is 2.69. The Labute approximate surface area is 132 Å². The molecule has 0 spiro atoms. The summed E-state index contributed by atoms with van der Waals surface area (Å²) >= 11 is -3.60. The Kier molecular flexibility index (Phi) is 4.49. The summed E-state index contributed by atoms with van der Waals surface area (Å²) in [4.78, 5) is 0. The van der Waals surface area contributed by atoms with Gasteiger partial charge in [0.1, 0.15) is 0 Å². The van der Waals surface area contributed by atoms with Crippen LogP contribution in [0.2, 0.25) is 26.1 Å². The van der Waals surface area contributed by atoms with Gasteiger partial charge in [-0.1, -0.05) is 0 Å². The van der Waals surface area contributed by atoms with Crippen molar-refractivity contribution in [2.24, 2.45) is 0 Å². The molecule has 0 nitrogen and oxygen atoms in total. The van der Waals surface area contributed by atoms with Crippen LogP contribution < -0.4 is 0 Å². The summed E-state index contributed by atoms with van der Waals surface area (Å²) in [7, 11) is 0. The zero-order chi connectivity index (χ0) is 13.6. The normalized spacial score (nSPS) is 19.4. The Hall–Kier alpha value is -0.00571. The number of benzene rings is 1. The van der Waals surface area contributed by atoms with Crippen LogP contribution in [-0.4, -0.2) is 0 Å². The molecule has 0 fully saturated rings. The van der Waals surface area contributed by atoms with Crippen LogP contribution in [-0.2, 0) is 17.5 Å². The number of allylic oxidation sites excluding steroid dienone is 4. The van der Waals surface area contributed by atoms with Crippen molar-refractivity contribution in [2.45, 2.75) is 37.3 Å². The first-order chi connectivity index (χ1) is 7.92. The molecule has 0 amide bonds. The molecular formula is C17H29Cl2Ti. The van der Waals surface area contributed by atoms with Gasteiger partial charge in [0.15, 0.2) is 0 Å². The molecule has 0 bridgehead atoms. The number of rotatable bonds is 3. The van der Waals surface area contributed by atoms with Crippen molar-refractivity contribution in [3.8, 4) is 0 Å². The van der Waals surface area contributed by atoms with E-state index in [4.69, 9.17) is 0 Å². The van der Waals surface area contributed by atoms with Crippen molar-refractivity contribution >= 4 is 24.8 Å². The van der Waals surface area contributed by atoms with Crippen molar-refractivity contribution in [3.63, 3.8) is 0 Å². The average molecular weight is 352 g/mol. The fourth-order valence-corrected chi connectivity index (χ4v) is 11.2. The molecule has 0 heterocycles. The molecule has 0 N–H and O–H groups in total. The summed E-state index contributed by atoms with van der Waals surface area (Å²) in [5.74, 6) is 0. The van der Waals surface area contributed by atoms with Gasteiger partial charge in [0.25, 0.3) is 0 Å². The summed E-state index contributed by atoms with van der Waals surface area (Å²) in [6.07, 6.45) is 8.04. The molecule has 20 heavy (non-hydrogen) atoms. The van der Waals surface area contributed by atoms with E-state index in [1.54, 1.807) is 3.88 Å². The molecule has 0 unspecified atom stereocenters. The van der Waals surface area contributed by atoms with Crippen LogP contribution >= 0.6 is 24.8 Å². The van der Waals surface area contributed by atoms with E-state index in [2.05, 4.69) is 74.7 Å². The summed E-state index contributed by atoms with van der Waals surface area (Å²) < 4.78 is 2.88. The molecule has 0 saturated carbocycles. The minimum absolute atomic E-state index is 0. The third kappa shape index (κ3) is 4.24. The first-order valence-corrected chi connectivity index (χ1v) is 16.8. The van der Waals surface area contributed by atoms with E-state index in [0.29, 0.717) is 0 Å². The standard InChI is InChI=1S/C7H7.C5H5.5CH3.2ClH.Ti/c1-7-5-3-2-4-6-7;1-2-4-5-3-1;;;;;;;;/h2-6H,1H2;1-3H,4H2;5*1H3;2*1H;. The SMILES string of the molecule is Cl.Cl.[CH3][Ti]([CH3])([CH3])([CH3])([CH3])([CH2]c1ccccc1)[C]1=CC=CC1. The molecule has 115 valence electrons. The van der Waals surface area contributed by atoms with Gasteiger partial charge in [-0.05, 0) is 0 Å². The maximum atomic E-state index is 2.57. The van der Waals surface area contributed by atoms with Gasteiger partial charge >= 0.3 is 108 Å². The Morgan fingerprint density at radius 2 is 1.45 bits per heavy atom. The van der Waals surface area contributed by atoms with Gasteiger partial charge in [-0.15, -0.1) is 24.8 Å². The van der Waals surface area contributed by atoms with Gasteiger partial charge in [-0.2, -0.15) is 0 Å². The van der Waals surface area contributed by atoms with E-state index in [-0.39, 0.29) is 24.8 Å². The van der Waals surface area contributed by atoms with Crippen molar-refractivity contribution in [1.82, 2.24) is 0 Å². The van der Waals surface area contributed by atoms with Crippen LogP contribution in [0.4, 0.5) is 0 Å². The van der Waals surface area contributed by atoms with Gasteiger partial charge in [-0.3, -0.25) is 0 Å². The Bertz CT molecular complexity index is 552. The van der Waals surface area contributed by atoms with E-state index in [1.165, 1.54) is 10.3 Å². The first kappa shape index (κ1) is 20.0. The monoisotopic (exact) mass is 351 g/mol. The summed E-state index contributed by atoms with van der Waals surface area (Å²) in [5.41, 5.74) is 1.47. The van der Waals surface area contributed by atoms with Gasteiger partial charge in [0, 0.05) is 0 Å². The van der Waals surface area contributed by atoms with E-state index in [0.717, 1.165) is 6.42 Å². The van der Waals surface area contributed by atoms with Crippen molar-refractivity contribution in [3.05, 3.63) is 58.0 Å². The topological polar surface area (TPSA) is 0 Å². The summed E-state index contributed by atoms with van der Waals surface area (Å²) in [5, 5.41) is 12.9. The Morgan fingerprint density at radius 3 is 1.90 bits per heavy atom. The molecule has 1 aromatic carbocycles. The van der Waals surface area contributed by atoms with E-state index in [1.807, 2.05) is 0 Å². The fraction of sp³-hybridized carbons (Fsp3) is 0.412. The molecule has 2 rings (SSSR count). The first-order valence-electron chi connectivity index (χ1n) is 7.08. The molecule has 3 heteroatoms. The third-order valence-electron chi connectivity index (χ3n) is 4.62. The Balaban J connectivity index is 0.00000180. The molecule has 1 aliphatic rings. The number of hydrogen-bond donors (Lipinski definition) is 0. The van der Waals surface area contributed by atoms with Crippen LogP contribution in [0.25, 0.3) is 0 Å². The van der Waals surface area contributed by atoms with Crippen LogP contribution in [0, 0.1) is 0 Å². The third-order valence-corrected chi connectivity index (χ3v) is 14.6. The van der Waals surface area contributed by atoms with E-state index >= 15 is 0 Å². The zero-order valence-corrected chi connectivity index (χ0v) is 16.5. The molecule has 1 aliphatic carbocycles. The van der Waals surface area contributed by atoms with Crippen LogP contribution in [0.1, 0.15) is 12.0 Å². The number of halogens is 2. The molecular weight excluding hydrogens is 323 g/mol. The summed E-state index contributed by atoms with van der Waals surface area (Å²) in [6, 6.07) is 11.0. The zero-order valence-electron chi connectivity index (χ0n) is 13.3. The second-order valence-corrected chi connectivity index (χ2v) is 38.3. The van der Waals surface area contributed by atoms with Gasteiger partial charge in [0.2, 0.25) is 0 Å². The minimum atomic E-state index is -3.60. The number of hydrogen-bond acceptors (Lipinski definition) is 0. The molecule has 0 aliphatic heterocycles. The van der Waals surface area contributed by atoms with Crippen LogP contribution in [0.15, 0.2) is 52.4 Å². The quantitative estimate of drug-likeness (QED) is 0.521. The van der Waals surface area contributed by atoms with Gasteiger partial charge < -0.3 is 0 Å². The molecule has 0 aromatic heterocycles. The van der Waals surface area contributed by atoms with Crippen molar-refractivity contribution in [1.29, 1.82) is 0 Å². The summed E-state index contributed by atoms with van der Waals surface area (Å²) in [6.45, 7) is 0. The van der Waals surface area contributed by atoms with Crippen molar-refractivity contribution in [2.75, 3.05) is 0 Å². The Morgan fingerprint density at radius 1 is 0.900 bits per heavy atom. The van der Waals surface area contributed by atoms with Crippen LogP contribution in [0.3, 0.4) is 0 Å². The predicted octanol–water partition coefficient (Wildman–Crippen LogP) is 6.88. The molecule has 0 saturated heterocycles. The second-order valence-electron chi connectivity index (χ2n) is 11.2. The second kappa shape index (κ2) is 4.49. The van der Waals surface area contributed by atoms with E-state index < -0.39 is 12.7 Å². The molecule has 1 aromatic rings. The fourth-order valence-electron chi connectivity index (χ4n) is 3.34. The van der Waals surface area contributed by atoms with Crippen LogP contribution in [0.5, 0.6) is 0 Å². The van der Waals surface area contributed by atoms with Gasteiger partial charge in [0.05, 0.1) is 0 Å². The predicted molar refractivity (Wildman–Crippen MR) is 95.8 cm³/mol. The van der Waals surface area contributed by atoms with E-state index in [9.17, 15) is 0 Å².